The quantitative estimate of drug-likeness (QED) is 0.105. The highest BCUT2D eigenvalue weighted by atomic mass is 16.4. The Morgan fingerprint density at radius 1 is 0.623 bits per heavy atom. The summed E-state index contributed by atoms with van der Waals surface area (Å²) < 4.78 is 0. The second-order valence-corrected chi connectivity index (χ2v) is 14.5. The number of aliphatic hydroxyl groups excluding tert-OH is 1. The second kappa shape index (κ2) is 18.6. The van der Waals surface area contributed by atoms with E-state index in [1.165, 1.54) is 12.1 Å². The molecule has 14 nitrogen and oxygen atoms in total. The molecule has 3 fully saturated rings. The van der Waals surface area contributed by atoms with E-state index in [0.29, 0.717) is 30.4 Å². The predicted octanol–water partition coefficient (Wildman–Crippen LogP) is 1.98. The summed E-state index contributed by atoms with van der Waals surface area (Å²) in [5.41, 5.74) is 0.708. The van der Waals surface area contributed by atoms with Crippen molar-refractivity contribution in [2.45, 2.75) is 101 Å². The summed E-state index contributed by atoms with van der Waals surface area (Å²) in [6, 6.07) is 11.8. The van der Waals surface area contributed by atoms with Crippen LogP contribution in [0.5, 0.6) is 0 Å². The van der Waals surface area contributed by atoms with E-state index in [-0.39, 0.29) is 24.2 Å². The number of rotatable bonds is 19. The van der Waals surface area contributed by atoms with Gasteiger partial charge in [0.2, 0.25) is 23.5 Å². The highest BCUT2D eigenvalue weighted by molar-refractivity contribution is 6.38. The molecule has 3 saturated carbocycles. The minimum absolute atomic E-state index is 0.112. The molecule has 0 saturated heterocycles. The highest BCUT2D eigenvalue weighted by Crippen LogP contribution is 2.35. The molecule has 0 bridgehead atoms. The van der Waals surface area contributed by atoms with E-state index in [1.54, 1.807) is 48.5 Å². The molecule has 3 aliphatic carbocycles. The molecule has 5 amide bonds. The molecule has 7 N–H and O–H groups in total. The minimum atomic E-state index is -1.49. The van der Waals surface area contributed by atoms with Gasteiger partial charge < -0.3 is 36.8 Å². The average molecular weight is 732 g/mol. The third kappa shape index (κ3) is 11.7. The molecule has 284 valence electrons. The number of aliphatic carboxylic acids is 1. The Morgan fingerprint density at radius 2 is 1.17 bits per heavy atom. The number of carboxylic acids is 1. The predicted molar refractivity (Wildman–Crippen MR) is 191 cm³/mol. The molecular weight excluding hydrogens is 682 g/mol. The maximum absolute atomic E-state index is 13.9. The molecule has 3 aliphatic rings. The van der Waals surface area contributed by atoms with Gasteiger partial charge in [-0.1, -0.05) is 106 Å². The number of hydrogen-bond donors (Lipinski definition) is 7. The zero-order valence-electron chi connectivity index (χ0n) is 29.6. The van der Waals surface area contributed by atoms with Crippen molar-refractivity contribution >= 4 is 41.3 Å². The van der Waals surface area contributed by atoms with Crippen LogP contribution in [-0.4, -0.2) is 76.2 Å². The minimum Gasteiger partial charge on any atom is -0.479 e. The van der Waals surface area contributed by atoms with Gasteiger partial charge in [0.25, 0.3) is 11.8 Å². The van der Waals surface area contributed by atoms with Crippen LogP contribution in [0.15, 0.2) is 60.7 Å². The number of Topliss-reactive ketones (excluding diaryl/α,β-unsaturated/α-hetero) is 1. The van der Waals surface area contributed by atoms with Crippen molar-refractivity contribution in [2.75, 3.05) is 6.54 Å². The molecule has 53 heavy (non-hydrogen) atoms. The van der Waals surface area contributed by atoms with Gasteiger partial charge in [0.15, 0.2) is 12.1 Å². The fraction of sp³-hybridized carbons (Fsp3) is 0.513. The largest absolute Gasteiger partial charge is 0.479 e. The lowest BCUT2D eigenvalue weighted by atomic mass is 9.83. The van der Waals surface area contributed by atoms with E-state index in [0.717, 1.165) is 44.9 Å². The molecule has 0 spiro atoms. The molecule has 14 heteroatoms. The fourth-order valence-corrected chi connectivity index (χ4v) is 6.81. The summed E-state index contributed by atoms with van der Waals surface area (Å²) in [5.74, 6) is -6.04. The molecule has 0 radical (unpaired) electrons. The van der Waals surface area contributed by atoms with Gasteiger partial charge in [-0.25, -0.2) is 4.79 Å². The van der Waals surface area contributed by atoms with E-state index >= 15 is 0 Å². The first-order valence-electron chi connectivity index (χ1n) is 18.5. The molecule has 2 aromatic rings. The maximum atomic E-state index is 13.9. The average Bonchev–Trinajstić information content (AvgIpc) is 4.12. The number of carboxylic acid groups (broad SMARTS) is 1. The Kier molecular flexibility index (Phi) is 13.7. The molecule has 2 aromatic carbocycles. The Hall–Kier alpha value is -5.11. The number of carbonyl (C=O) groups is 7. The molecule has 5 unspecified atom stereocenters. The van der Waals surface area contributed by atoms with Gasteiger partial charge in [0.1, 0.15) is 12.1 Å². The third-order valence-electron chi connectivity index (χ3n) is 10.2. The first-order valence-corrected chi connectivity index (χ1v) is 18.5. The second-order valence-electron chi connectivity index (χ2n) is 14.5. The molecular formula is C39H49N5O9. The van der Waals surface area contributed by atoms with Gasteiger partial charge in [-0.2, -0.15) is 0 Å². The van der Waals surface area contributed by atoms with E-state index in [4.69, 9.17) is 0 Å². The lowest BCUT2D eigenvalue weighted by Crippen LogP contribution is -2.58. The Morgan fingerprint density at radius 3 is 1.74 bits per heavy atom. The molecule has 0 aliphatic heterocycles. The Bertz CT molecular complexity index is 1620. The van der Waals surface area contributed by atoms with Crippen LogP contribution in [0.3, 0.4) is 0 Å². The SMILES string of the molecule is O=C(CNC(=O)C(=O)C(CC1CC1)NC(=O)C(CC1CC1)NC(=O)C(NC(=O)C(O)c1ccccc1)C1CCCCC1)NC(C(=O)O)c1ccccc1. The van der Waals surface area contributed by atoms with Crippen LogP contribution in [-0.2, 0) is 33.6 Å². The standard InChI is InChI=1S/C39H49N5O9/c45-30(43-32(39(52)53)26-12-6-2-7-13-26)22-40-37(50)34(47)28(20-23-16-17-23)41-35(48)29(21-24-18-19-24)42-36(49)31(25-10-4-1-5-11-25)44-38(51)33(46)27-14-8-3-9-15-27/h2-3,6-9,12-15,23-25,28-29,31-33,46H,1,4-5,10-11,16-22H2,(H,40,50)(H,41,48)(H,42,49)(H,43,45)(H,44,51)(H,52,53). The molecule has 0 aromatic heterocycles. The normalized spacial score (nSPS) is 18.6. The van der Waals surface area contributed by atoms with E-state index in [2.05, 4.69) is 26.6 Å². The van der Waals surface area contributed by atoms with E-state index < -0.39 is 78.1 Å². The Balaban J connectivity index is 1.22. The number of amides is 5. The van der Waals surface area contributed by atoms with Crippen molar-refractivity contribution in [3.05, 3.63) is 71.8 Å². The number of benzene rings is 2. The van der Waals surface area contributed by atoms with Crippen molar-refractivity contribution in [3.8, 4) is 0 Å². The van der Waals surface area contributed by atoms with Crippen LogP contribution < -0.4 is 26.6 Å². The summed E-state index contributed by atoms with van der Waals surface area (Å²) in [6.07, 6.45) is 6.51. The van der Waals surface area contributed by atoms with Crippen LogP contribution in [0.1, 0.15) is 93.9 Å². The van der Waals surface area contributed by atoms with Crippen LogP contribution in [0.25, 0.3) is 0 Å². The van der Waals surface area contributed by atoms with Gasteiger partial charge in [-0.15, -0.1) is 0 Å². The van der Waals surface area contributed by atoms with Gasteiger partial charge in [-0.05, 0) is 54.6 Å². The van der Waals surface area contributed by atoms with Gasteiger partial charge >= 0.3 is 5.97 Å². The van der Waals surface area contributed by atoms with Crippen molar-refractivity contribution in [2.24, 2.45) is 17.8 Å². The van der Waals surface area contributed by atoms with Crippen molar-refractivity contribution in [1.82, 2.24) is 26.6 Å². The van der Waals surface area contributed by atoms with Crippen LogP contribution in [0.4, 0.5) is 0 Å². The van der Waals surface area contributed by atoms with E-state index in [9.17, 15) is 43.8 Å². The van der Waals surface area contributed by atoms with Gasteiger partial charge in [0, 0.05) is 0 Å². The summed E-state index contributed by atoms with van der Waals surface area (Å²) >= 11 is 0. The van der Waals surface area contributed by atoms with Crippen LogP contribution in [0, 0.1) is 17.8 Å². The molecule has 0 heterocycles. The lowest BCUT2D eigenvalue weighted by molar-refractivity contribution is -0.142. The zero-order valence-corrected chi connectivity index (χ0v) is 29.6. The summed E-state index contributed by atoms with van der Waals surface area (Å²) in [6.45, 7) is -0.668. The van der Waals surface area contributed by atoms with Gasteiger partial charge in [-0.3, -0.25) is 28.8 Å². The number of carbonyl (C=O) groups excluding carboxylic acids is 6. The van der Waals surface area contributed by atoms with Crippen molar-refractivity contribution in [1.29, 1.82) is 0 Å². The van der Waals surface area contributed by atoms with E-state index in [1.807, 2.05) is 0 Å². The van der Waals surface area contributed by atoms with Gasteiger partial charge in [0.05, 0.1) is 12.6 Å². The number of hydrogen-bond acceptors (Lipinski definition) is 8. The summed E-state index contributed by atoms with van der Waals surface area (Å²) in [7, 11) is 0. The van der Waals surface area contributed by atoms with Crippen molar-refractivity contribution in [3.63, 3.8) is 0 Å². The smallest absolute Gasteiger partial charge is 0.330 e. The highest BCUT2D eigenvalue weighted by Gasteiger charge is 2.39. The van der Waals surface area contributed by atoms with Crippen molar-refractivity contribution < 1.29 is 43.8 Å². The summed E-state index contributed by atoms with van der Waals surface area (Å²) in [4.78, 5) is 91.7. The zero-order chi connectivity index (χ0) is 37.9. The first-order chi connectivity index (χ1) is 25.5. The monoisotopic (exact) mass is 731 g/mol. The topological polar surface area (TPSA) is 220 Å². The third-order valence-corrected chi connectivity index (χ3v) is 10.2. The lowest BCUT2D eigenvalue weighted by Gasteiger charge is -2.32. The fourth-order valence-electron chi connectivity index (χ4n) is 6.81. The maximum Gasteiger partial charge on any atom is 0.330 e. The summed E-state index contributed by atoms with van der Waals surface area (Å²) in [5, 5.41) is 33.2. The van der Waals surface area contributed by atoms with Crippen LogP contribution >= 0.6 is 0 Å². The number of ketones is 1. The first kappa shape index (κ1) is 39.1. The van der Waals surface area contributed by atoms with Crippen LogP contribution in [0.2, 0.25) is 0 Å². The Labute approximate surface area is 308 Å². The number of nitrogens with one attached hydrogen (secondary N) is 5. The molecule has 5 atom stereocenters. The number of aliphatic hydroxyl groups is 1. The molecule has 5 rings (SSSR count).